The third-order valence-corrected chi connectivity index (χ3v) is 2.84. The molecule has 1 amide bonds. The molecular weight excluding hydrogens is 293 g/mol. The van der Waals surface area contributed by atoms with Crippen LogP contribution in [0.3, 0.4) is 0 Å². The van der Waals surface area contributed by atoms with E-state index in [1.165, 1.54) is 18.2 Å². The molecule has 0 aliphatic rings. The first-order valence-corrected chi connectivity index (χ1v) is 6.06. The van der Waals surface area contributed by atoms with Crippen LogP contribution in [0, 0.1) is 5.82 Å². The molecule has 0 spiro atoms. The van der Waals surface area contributed by atoms with Gasteiger partial charge in [-0.05, 0) is 42.5 Å². The molecule has 0 fully saturated rings. The Morgan fingerprint density at radius 1 is 0.864 bits per heavy atom. The van der Waals surface area contributed by atoms with Gasteiger partial charge in [-0.2, -0.15) is 0 Å². The van der Waals surface area contributed by atoms with Crippen molar-refractivity contribution in [2.24, 2.45) is 0 Å². The van der Waals surface area contributed by atoms with E-state index in [-0.39, 0.29) is 16.8 Å². The van der Waals surface area contributed by atoms with Gasteiger partial charge < -0.3 is 15.5 Å². The number of hydrogen-bond acceptors (Lipinski definition) is 3. The minimum Gasteiger partial charge on any atom is -0.478 e. The predicted octanol–water partition coefficient (Wildman–Crippen LogP) is 2.47. The maximum atomic E-state index is 12.8. The van der Waals surface area contributed by atoms with Gasteiger partial charge in [-0.1, -0.05) is 0 Å². The highest BCUT2D eigenvalue weighted by Gasteiger charge is 2.17. The lowest BCUT2D eigenvalue weighted by molar-refractivity contribution is 0.0651. The topological polar surface area (TPSA) is 104 Å². The monoisotopic (exact) mass is 303 g/mol. The fourth-order valence-corrected chi connectivity index (χ4v) is 1.79. The zero-order chi connectivity index (χ0) is 16.3. The van der Waals surface area contributed by atoms with Gasteiger partial charge >= 0.3 is 11.9 Å². The SMILES string of the molecule is O=C(Nc1ccc(C(=O)O)c(C(=O)O)c1)c1ccc(F)cc1. The van der Waals surface area contributed by atoms with Crippen molar-refractivity contribution in [1.29, 1.82) is 0 Å². The second-order valence-corrected chi connectivity index (χ2v) is 4.33. The number of carboxylic acid groups (broad SMARTS) is 2. The Kier molecular flexibility index (Phi) is 4.17. The van der Waals surface area contributed by atoms with Crippen LogP contribution in [0.25, 0.3) is 0 Å². The number of benzene rings is 2. The fourth-order valence-electron chi connectivity index (χ4n) is 1.79. The van der Waals surface area contributed by atoms with Gasteiger partial charge in [0, 0.05) is 11.3 Å². The van der Waals surface area contributed by atoms with E-state index >= 15 is 0 Å². The number of carbonyl (C=O) groups excluding carboxylic acids is 1. The van der Waals surface area contributed by atoms with Gasteiger partial charge in [-0.25, -0.2) is 14.0 Å². The first kappa shape index (κ1) is 15.2. The highest BCUT2D eigenvalue weighted by molar-refractivity contribution is 6.06. The molecule has 0 bridgehead atoms. The standard InChI is InChI=1S/C15H10FNO5/c16-9-3-1-8(2-4-9)13(18)17-10-5-6-11(14(19)20)12(7-10)15(21)22/h1-7H,(H,17,18)(H,19,20)(H,21,22). The minimum atomic E-state index is -1.42. The van der Waals surface area contributed by atoms with E-state index in [9.17, 15) is 18.8 Å². The van der Waals surface area contributed by atoms with Crippen molar-refractivity contribution in [2.75, 3.05) is 5.32 Å². The molecule has 2 aromatic carbocycles. The number of halogens is 1. The molecule has 0 aromatic heterocycles. The first-order chi connectivity index (χ1) is 10.4. The molecule has 3 N–H and O–H groups in total. The van der Waals surface area contributed by atoms with Crippen LogP contribution in [0.5, 0.6) is 0 Å². The number of aromatic carboxylic acids is 2. The van der Waals surface area contributed by atoms with Crippen LogP contribution in [-0.2, 0) is 0 Å². The van der Waals surface area contributed by atoms with Gasteiger partial charge in [0.2, 0.25) is 0 Å². The van der Waals surface area contributed by atoms with Crippen LogP contribution >= 0.6 is 0 Å². The molecule has 0 atom stereocenters. The lowest BCUT2D eigenvalue weighted by atomic mass is 10.1. The predicted molar refractivity (Wildman–Crippen MR) is 74.7 cm³/mol. The number of rotatable bonds is 4. The van der Waals surface area contributed by atoms with Gasteiger partial charge in [0.15, 0.2) is 0 Å². The van der Waals surface area contributed by atoms with Crippen molar-refractivity contribution in [3.63, 3.8) is 0 Å². The van der Waals surface area contributed by atoms with Gasteiger partial charge in [-0.15, -0.1) is 0 Å². The summed E-state index contributed by atoms with van der Waals surface area (Å²) in [4.78, 5) is 33.9. The second kappa shape index (κ2) is 6.04. The molecule has 112 valence electrons. The highest BCUT2D eigenvalue weighted by Crippen LogP contribution is 2.17. The summed E-state index contributed by atoms with van der Waals surface area (Å²) in [6.07, 6.45) is 0. The van der Waals surface area contributed by atoms with Gasteiger partial charge in [0.25, 0.3) is 5.91 Å². The van der Waals surface area contributed by atoms with E-state index in [1.807, 2.05) is 0 Å². The maximum Gasteiger partial charge on any atom is 0.336 e. The van der Waals surface area contributed by atoms with Crippen molar-refractivity contribution >= 4 is 23.5 Å². The van der Waals surface area contributed by atoms with Crippen LogP contribution in [0.2, 0.25) is 0 Å². The molecule has 0 saturated carbocycles. The summed E-state index contributed by atoms with van der Waals surface area (Å²) in [5.74, 6) is -3.86. The Morgan fingerprint density at radius 2 is 1.45 bits per heavy atom. The summed E-state index contributed by atoms with van der Waals surface area (Å²) < 4.78 is 12.8. The molecule has 0 aliphatic carbocycles. The Balaban J connectivity index is 2.28. The smallest absolute Gasteiger partial charge is 0.336 e. The van der Waals surface area contributed by atoms with Crippen molar-refractivity contribution in [2.45, 2.75) is 0 Å². The van der Waals surface area contributed by atoms with Crippen molar-refractivity contribution < 1.29 is 29.0 Å². The van der Waals surface area contributed by atoms with Gasteiger partial charge in [0.1, 0.15) is 5.82 Å². The zero-order valence-corrected chi connectivity index (χ0v) is 11.0. The molecule has 7 heteroatoms. The highest BCUT2D eigenvalue weighted by atomic mass is 19.1. The molecular formula is C15H10FNO5. The van der Waals surface area contributed by atoms with Crippen LogP contribution in [0.1, 0.15) is 31.1 Å². The quantitative estimate of drug-likeness (QED) is 0.805. The van der Waals surface area contributed by atoms with E-state index in [2.05, 4.69) is 5.32 Å². The van der Waals surface area contributed by atoms with E-state index in [1.54, 1.807) is 0 Å². The third-order valence-electron chi connectivity index (χ3n) is 2.84. The lowest BCUT2D eigenvalue weighted by Gasteiger charge is -2.08. The second-order valence-electron chi connectivity index (χ2n) is 4.33. The number of hydrogen-bond donors (Lipinski definition) is 3. The van der Waals surface area contributed by atoms with E-state index in [0.717, 1.165) is 24.3 Å². The van der Waals surface area contributed by atoms with Crippen molar-refractivity contribution in [1.82, 2.24) is 0 Å². The zero-order valence-electron chi connectivity index (χ0n) is 11.0. The van der Waals surface area contributed by atoms with Crippen LogP contribution in [-0.4, -0.2) is 28.1 Å². The molecule has 2 rings (SSSR count). The molecule has 0 radical (unpaired) electrons. The average Bonchev–Trinajstić information content (AvgIpc) is 2.47. The summed E-state index contributed by atoms with van der Waals surface area (Å²) in [6, 6.07) is 8.19. The number of anilines is 1. The van der Waals surface area contributed by atoms with E-state index in [4.69, 9.17) is 10.2 Å². The first-order valence-electron chi connectivity index (χ1n) is 6.06. The van der Waals surface area contributed by atoms with Crippen molar-refractivity contribution in [3.05, 3.63) is 65.0 Å². The molecule has 0 aliphatic heterocycles. The summed E-state index contributed by atoms with van der Waals surface area (Å²) in [6.45, 7) is 0. The summed E-state index contributed by atoms with van der Waals surface area (Å²) in [7, 11) is 0. The third kappa shape index (κ3) is 3.26. The Bertz CT molecular complexity index is 755. The van der Waals surface area contributed by atoms with Crippen molar-refractivity contribution in [3.8, 4) is 0 Å². The lowest BCUT2D eigenvalue weighted by Crippen LogP contribution is -2.14. The van der Waals surface area contributed by atoms with E-state index < -0.39 is 29.2 Å². The largest absolute Gasteiger partial charge is 0.478 e. The molecule has 22 heavy (non-hydrogen) atoms. The molecule has 0 unspecified atom stereocenters. The van der Waals surface area contributed by atoms with Crippen LogP contribution in [0.15, 0.2) is 42.5 Å². The fraction of sp³-hybridized carbons (Fsp3) is 0. The number of amides is 1. The summed E-state index contributed by atoms with van der Waals surface area (Å²) in [5.41, 5.74) is -0.519. The average molecular weight is 303 g/mol. The Morgan fingerprint density at radius 3 is 2.00 bits per heavy atom. The maximum absolute atomic E-state index is 12.8. The van der Waals surface area contributed by atoms with E-state index in [0.29, 0.717) is 0 Å². The summed E-state index contributed by atoms with van der Waals surface area (Å²) in [5, 5.41) is 20.3. The molecule has 0 heterocycles. The van der Waals surface area contributed by atoms with Gasteiger partial charge in [-0.3, -0.25) is 4.79 Å². The molecule has 6 nitrogen and oxygen atoms in total. The molecule has 0 saturated heterocycles. The van der Waals surface area contributed by atoms with Gasteiger partial charge in [0.05, 0.1) is 11.1 Å². The number of carboxylic acids is 2. The van der Waals surface area contributed by atoms with Crippen LogP contribution < -0.4 is 5.32 Å². The number of carbonyl (C=O) groups is 3. The summed E-state index contributed by atoms with van der Waals surface area (Å²) >= 11 is 0. The minimum absolute atomic E-state index is 0.122. The number of nitrogens with one attached hydrogen (secondary N) is 1. The van der Waals surface area contributed by atoms with Crippen LogP contribution in [0.4, 0.5) is 10.1 Å². The molecule has 2 aromatic rings. The normalized spacial score (nSPS) is 10.0. The Labute approximate surface area is 123 Å². The Hall–Kier alpha value is -3.22.